The summed E-state index contributed by atoms with van der Waals surface area (Å²) in [7, 11) is 0. The van der Waals surface area contributed by atoms with E-state index in [9.17, 15) is 4.79 Å². The van der Waals surface area contributed by atoms with Gasteiger partial charge in [-0.2, -0.15) is 0 Å². The number of hydrogen-bond donors (Lipinski definition) is 0. The predicted molar refractivity (Wildman–Crippen MR) is 52.3 cm³/mol. The summed E-state index contributed by atoms with van der Waals surface area (Å²) in [5.74, 6) is 0.281. The largest absolute Gasteiger partial charge is 0.497 e. The average molecular weight is 182 g/mol. The third kappa shape index (κ3) is 2.33. The fourth-order valence-corrected chi connectivity index (χ4v) is 1.62. The lowest BCUT2D eigenvalue weighted by Crippen LogP contribution is -2.31. The van der Waals surface area contributed by atoms with E-state index in [-0.39, 0.29) is 17.8 Å². The predicted octanol–water partition coefficient (Wildman–Crippen LogP) is 2.68. The highest BCUT2D eigenvalue weighted by Gasteiger charge is 2.28. The molecule has 0 aromatic heterocycles. The van der Waals surface area contributed by atoms with Crippen molar-refractivity contribution in [3.05, 3.63) is 11.8 Å². The van der Waals surface area contributed by atoms with E-state index < -0.39 is 0 Å². The highest BCUT2D eigenvalue weighted by atomic mass is 16.5. The van der Waals surface area contributed by atoms with E-state index in [1.807, 2.05) is 13.8 Å². The van der Waals surface area contributed by atoms with Gasteiger partial charge in [0, 0.05) is 5.57 Å². The summed E-state index contributed by atoms with van der Waals surface area (Å²) in [5, 5.41) is 0. The SMILES string of the molecule is CCCCC1OC=C(C)C(=O)C1C. The van der Waals surface area contributed by atoms with Crippen molar-refractivity contribution in [1.82, 2.24) is 0 Å². The first kappa shape index (κ1) is 10.3. The number of ketones is 1. The van der Waals surface area contributed by atoms with Gasteiger partial charge in [0.05, 0.1) is 12.2 Å². The van der Waals surface area contributed by atoms with Crippen molar-refractivity contribution in [2.45, 2.75) is 46.1 Å². The van der Waals surface area contributed by atoms with Crippen LogP contribution in [0.25, 0.3) is 0 Å². The van der Waals surface area contributed by atoms with Crippen LogP contribution < -0.4 is 0 Å². The number of carbonyl (C=O) groups excluding carboxylic acids is 1. The fraction of sp³-hybridized carbons (Fsp3) is 0.727. The molecule has 1 rings (SSSR count). The van der Waals surface area contributed by atoms with Crippen LogP contribution in [0.3, 0.4) is 0 Å². The van der Waals surface area contributed by atoms with Gasteiger partial charge < -0.3 is 4.74 Å². The molecule has 74 valence electrons. The van der Waals surface area contributed by atoms with Gasteiger partial charge >= 0.3 is 0 Å². The van der Waals surface area contributed by atoms with Gasteiger partial charge in [-0.15, -0.1) is 0 Å². The number of Topliss-reactive ketones (excluding diaryl/α,β-unsaturated/α-hetero) is 1. The van der Waals surface area contributed by atoms with Crippen molar-refractivity contribution < 1.29 is 9.53 Å². The minimum Gasteiger partial charge on any atom is -0.497 e. The molecular formula is C11H18O2. The molecule has 0 fully saturated rings. The molecule has 2 nitrogen and oxygen atoms in total. The lowest BCUT2D eigenvalue weighted by Gasteiger charge is -2.26. The lowest BCUT2D eigenvalue weighted by atomic mass is 9.90. The van der Waals surface area contributed by atoms with Gasteiger partial charge in [0.15, 0.2) is 5.78 Å². The van der Waals surface area contributed by atoms with Crippen molar-refractivity contribution in [1.29, 1.82) is 0 Å². The molecule has 0 saturated heterocycles. The Bertz CT molecular complexity index is 218. The molecule has 0 aliphatic carbocycles. The average Bonchev–Trinajstić information content (AvgIpc) is 2.13. The number of carbonyl (C=O) groups is 1. The van der Waals surface area contributed by atoms with Gasteiger partial charge in [0.25, 0.3) is 0 Å². The van der Waals surface area contributed by atoms with Crippen LogP contribution in [-0.2, 0) is 9.53 Å². The third-order valence-corrected chi connectivity index (χ3v) is 2.62. The van der Waals surface area contributed by atoms with Crippen molar-refractivity contribution in [2.75, 3.05) is 0 Å². The van der Waals surface area contributed by atoms with E-state index in [1.54, 1.807) is 6.26 Å². The minimum atomic E-state index is 0.0385. The Balaban J connectivity index is 2.55. The van der Waals surface area contributed by atoms with Gasteiger partial charge in [-0.3, -0.25) is 4.79 Å². The molecule has 0 N–H and O–H groups in total. The number of rotatable bonds is 3. The second-order valence-corrected chi connectivity index (χ2v) is 3.77. The summed E-state index contributed by atoms with van der Waals surface area (Å²) >= 11 is 0. The first-order valence-electron chi connectivity index (χ1n) is 5.03. The monoisotopic (exact) mass is 182 g/mol. The molecule has 13 heavy (non-hydrogen) atoms. The van der Waals surface area contributed by atoms with Crippen LogP contribution in [0.4, 0.5) is 0 Å². The Morgan fingerprint density at radius 3 is 2.85 bits per heavy atom. The molecule has 2 unspecified atom stereocenters. The van der Waals surface area contributed by atoms with Crippen molar-refractivity contribution >= 4 is 5.78 Å². The van der Waals surface area contributed by atoms with Crippen LogP contribution in [0.1, 0.15) is 40.0 Å². The topological polar surface area (TPSA) is 26.3 Å². The zero-order valence-corrected chi connectivity index (χ0v) is 8.67. The normalized spacial score (nSPS) is 28.2. The van der Waals surface area contributed by atoms with Gasteiger partial charge in [-0.05, 0) is 13.3 Å². The number of allylic oxidation sites excluding steroid dienone is 1. The molecular weight excluding hydrogens is 164 g/mol. The van der Waals surface area contributed by atoms with Gasteiger partial charge in [-0.1, -0.05) is 26.7 Å². The van der Waals surface area contributed by atoms with Crippen LogP contribution in [-0.4, -0.2) is 11.9 Å². The van der Waals surface area contributed by atoms with Crippen LogP contribution in [0.5, 0.6) is 0 Å². The van der Waals surface area contributed by atoms with Crippen LogP contribution in [0.2, 0.25) is 0 Å². The highest BCUT2D eigenvalue weighted by molar-refractivity contribution is 5.97. The molecule has 1 heterocycles. The number of hydrogen-bond acceptors (Lipinski definition) is 2. The Labute approximate surface area is 80.0 Å². The number of ether oxygens (including phenoxy) is 1. The van der Waals surface area contributed by atoms with E-state index in [2.05, 4.69) is 6.92 Å². The van der Waals surface area contributed by atoms with Crippen LogP contribution in [0, 0.1) is 5.92 Å². The molecule has 0 radical (unpaired) electrons. The highest BCUT2D eigenvalue weighted by Crippen LogP contribution is 2.23. The standard InChI is InChI=1S/C11H18O2/c1-4-5-6-10-9(3)11(12)8(2)7-13-10/h7,9-10H,4-6H2,1-3H3. The van der Waals surface area contributed by atoms with E-state index >= 15 is 0 Å². The summed E-state index contributed by atoms with van der Waals surface area (Å²) in [6, 6.07) is 0. The molecule has 0 spiro atoms. The first-order valence-corrected chi connectivity index (χ1v) is 5.03. The zero-order valence-electron chi connectivity index (χ0n) is 8.67. The van der Waals surface area contributed by atoms with E-state index in [1.165, 1.54) is 0 Å². The van der Waals surface area contributed by atoms with Crippen LogP contribution in [0.15, 0.2) is 11.8 Å². The molecule has 0 aromatic rings. The number of unbranched alkanes of at least 4 members (excludes halogenated alkanes) is 1. The Hall–Kier alpha value is -0.790. The van der Waals surface area contributed by atoms with E-state index in [4.69, 9.17) is 4.74 Å². The molecule has 0 saturated carbocycles. The minimum absolute atomic E-state index is 0.0385. The molecule has 1 aliphatic heterocycles. The Morgan fingerprint density at radius 2 is 2.23 bits per heavy atom. The summed E-state index contributed by atoms with van der Waals surface area (Å²) < 4.78 is 5.49. The third-order valence-electron chi connectivity index (χ3n) is 2.62. The second kappa shape index (κ2) is 4.45. The summed E-state index contributed by atoms with van der Waals surface area (Å²) in [6.07, 6.45) is 5.00. The van der Waals surface area contributed by atoms with Crippen molar-refractivity contribution in [2.24, 2.45) is 5.92 Å². The Kier molecular flexibility index (Phi) is 3.52. The molecule has 0 amide bonds. The molecule has 0 bridgehead atoms. The maximum absolute atomic E-state index is 11.6. The fourth-order valence-electron chi connectivity index (χ4n) is 1.62. The van der Waals surface area contributed by atoms with Gasteiger partial charge in [0.2, 0.25) is 0 Å². The van der Waals surface area contributed by atoms with Crippen LogP contribution >= 0.6 is 0 Å². The quantitative estimate of drug-likeness (QED) is 0.670. The molecule has 0 aromatic carbocycles. The summed E-state index contributed by atoms with van der Waals surface area (Å²) in [5.41, 5.74) is 0.750. The maximum Gasteiger partial charge on any atom is 0.168 e. The molecule has 2 heteroatoms. The smallest absolute Gasteiger partial charge is 0.168 e. The zero-order chi connectivity index (χ0) is 9.84. The maximum atomic E-state index is 11.6. The summed E-state index contributed by atoms with van der Waals surface area (Å²) in [4.78, 5) is 11.6. The van der Waals surface area contributed by atoms with Gasteiger partial charge in [-0.25, -0.2) is 0 Å². The van der Waals surface area contributed by atoms with E-state index in [0.29, 0.717) is 0 Å². The lowest BCUT2D eigenvalue weighted by molar-refractivity contribution is -0.124. The van der Waals surface area contributed by atoms with Crippen molar-refractivity contribution in [3.8, 4) is 0 Å². The molecule has 1 aliphatic rings. The van der Waals surface area contributed by atoms with Gasteiger partial charge in [0.1, 0.15) is 6.10 Å². The van der Waals surface area contributed by atoms with E-state index in [0.717, 1.165) is 24.8 Å². The second-order valence-electron chi connectivity index (χ2n) is 3.77. The molecule has 2 atom stereocenters. The Morgan fingerprint density at radius 1 is 1.54 bits per heavy atom. The van der Waals surface area contributed by atoms with Crippen molar-refractivity contribution in [3.63, 3.8) is 0 Å². The summed E-state index contributed by atoms with van der Waals surface area (Å²) in [6.45, 7) is 5.92. The first-order chi connectivity index (χ1) is 6.16.